The topological polar surface area (TPSA) is 172 Å². The van der Waals surface area contributed by atoms with Gasteiger partial charge in [0.25, 0.3) is 0 Å². The lowest BCUT2D eigenvalue weighted by molar-refractivity contribution is -0.161. The van der Waals surface area contributed by atoms with Crippen LogP contribution in [0.25, 0.3) is 0 Å². The number of nitrogens with two attached hydrogens (primary N) is 1. The molecule has 3 atom stereocenters. The summed E-state index contributed by atoms with van der Waals surface area (Å²) in [7, 11) is -4.70. The zero-order chi connectivity index (χ0) is 35.7. The molecule has 0 heterocycles. The van der Waals surface area contributed by atoms with Crippen molar-refractivity contribution in [3.63, 3.8) is 0 Å². The van der Waals surface area contributed by atoms with Gasteiger partial charge in [0.15, 0.2) is 6.10 Å². The number of aliphatic carboxylic acids is 1. The van der Waals surface area contributed by atoms with Gasteiger partial charge in [0.2, 0.25) is 0 Å². The maximum Gasteiger partial charge on any atom is 0.472 e. The van der Waals surface area contributed by atoms with Crippen molar-refractivity contribution in [2.24, 2.45) is 5.73 Å². The zero-order valence-electron chi connectivity index (χ0n) is 30.1. The predicted octanol–water partition coefficient (Wildman–Crippen LogP) is 8.95. The van der Waals surface area contributed by atoms with Gasteiger partial charge in [0, 0.05) is 12.8 Å². The molecular formula is C36H68NO10P. The van der Waals surface area contributed by atoms with E-state index < -0.39 is 51.1 Å². The molecule has 0 saturated heterocycles. The summed E-state index contributed by atoms with van der Waals surface area (Å²) in [5, 5.41) is 8.84. The fraction of sp³-hybridized carbons (Fsp3) is 0.861. The second kappa shape index (κ2) is 32.4. The van der Waals surface area contributed by atoms with Crippen LogP contribution in [0, 0.1) is 0 Å². The largest absolute Gasteiger partial charge is 0.480 e. The minimum atomic E-state index is -4.70. The van der Waals surface area contributed by atoms with E-state index in [1.54, 1.807) is 0 Å². The number of ether oxygens (including phenoxy) is 2. The quantitative estimate of drug-likeness (QED) is 0.0249. The monoisotopic (exact) mass is 705 g/mol. The first-order valence-corrected chi connectivity index (χ1v) is 20.2. The molecule has 4 N–H and O–H groups in total. The predicted molar refractivity (Wildman–Crippen MR) is 189 cm³/mol. The van der Waals surface area contributed by atoms with E-state index in [-0.39, 0.29) is 19.4 Å². The van der Waals surface area contributed by atoms with Crippen molar-refractivity contribution in [3.8, 4) is 0 Å². The molecule has 0 fully saturated rings. The van der Waals surface area contributed by atoms with Gasteiger partial charge in [0.05, 0.1) is 13.2 Å². The Labute approximate surface area is 290 Å². The minimum absolute atomic E-state index is 0.162. The fourth-order valence-corrected chi connectivity index (χ4v) is 5.78. The van der Waals surface area contributed by atoms with Gasteiger partial charge in [0.1, 0.15) is 12.6 Å². The van der Waals surface area contributed by atoms with Gasteiger partial charge in [-0.15, -0.1) is 0 Å². The summed E-state index contributed by atoms with van der Waals surface area (Å²) < 4.78 is 32.5. The number of carboxylic acids is 1. The van der Waals surface area contributed by atoms with E-state index in [0.717, 1.165) is 44.9 Å². The van der Waals surface area contributed by atoms with Gasteiger partial charge in [-0.2, -0.15) is 0 Å². The van der Waals surface area contributed by atoms with Crippen molar-refractivity contribution in [2.75, 3.05) is 19.8 Å². The summed E-state index contributed by atoms with van der Waals surface area (Å²) >= 11 is 0. The Kier molecular flexibility index (Phi) is 31.2. The van der Waals surface area contributed by atoms with E-state index in [0.29, 0.717) is 12.8 Å². The summed E-state index contributed by atoms with van der Waals surface area (Å²) in [4.78, 5) is 45.6. The summed E-state index contributed by atoms with van der Waals surface area (Å²) in [6.45, 7) is 2.75. The smallest absolute Gasteiger partial charge is 0.472 e. The van der Waals surface area contributed by atoms with Crippen LogP contribution in [0.1, 0.15) is 168 Å². The third kappa shape index (κ3) is 31.5. The molecule has 0 aliphatic heterocycles. The van der Waals surface area contributed by atoms with E-state index in [1.165, 1.54) is 83.5 Å². The van der Waals surface area contributed by atoms with Crippen molar-refractivity contribution in [3.05, 3.63) is 12.2 Å². The molecule has 48 heavy (non-hydrogen) atoms. The number of hydrogen-bond acceptors (Lipinski definition) is 9. The number of allylic oxidation sites excluding steroid dienone is 2. The highest BCUT2D eigenvalue weighted by Crippen LogP contribution is 2.43. The Morgan fingerprint density at radius 1 is 0.625 bits per heavy atom. The standard InChI is InChI=1S/C36H68NO10P/c1-3-5-7-9-11-13-15-16-18-19-21-23-25-27-34(38)44-29-32(30-45-48(42,43)46-31-33(37)36(40)41)47-35(39)28-26-24-22-20-17-14-12-10-8-6-4-2/h16,18,32-33H,3-15,17,19-31,37H2,1-2H3,(H,40,41)(H,42,43)/b18-16+/t32-,33+/m1/s1. The molecule has 0 radical (unpaired) electrons. The Morgan fingerprint density at radius 3 is 1.54 bits per heavy atom. The first-order valence-electron chi connectivity index (χ1n) is 18.7. The van der Waals surface area contributed by atoms with Gasteiger partial charge < -0.3 is 25.2 Å². The van der Waals surface area contributed by atoms with Crippen LogP contribution in [-0.4, -0.2) is 59.9 Å². The molecule has 0 saturated carbocycles. The molecule has 11 nitrogen and oxygen atoms in total. The molecule has 0 amide bonds. The van der Waals surface area contributed by atoms with Crippen LogP contribution in [-0.2, 0) is 37.5 Å². The highest BCUT2D eigenvalue weighted by Gasteiger charge is 2.28. The maximum absolute atomic E-state index is 12.5. The zero-order valence-corrected chi connectivity index (χ0v) is 31.0. The normalized spacial score (nSPS) is 14.1. The number of carboxylic acid groups (broad SMARTS) is 1. The van der Waals surface area contributed by atoms with Gasteiger partial charge in [-0.3, -0.25) is 23.4 Å². The molecule has 0 bridgehead atoms. The van der Waals surface area contributed by atoms with E-state index in [4.69, 9.17) is 24.8 Å². The second-order valence-corrected chi connectivity index (χ2v) is 14.2. The minimum Gasteiger partial charge on any atom is -0.480 e. The average molecular weight is 706 g/mol. The molecule has 0 rings (SSSR count). The number of phosphoric acid groups is 1. The Morgan fingerprint density at radius 2 is 1.04 bits per heavy atom. The van der Waals surface area contributed by atoms with Crippen molar-refractivity contribution >= 4 is 25.7 Å². The summed E-state index contributed by atoms with van der Waals surface area (Å²) in [6.07, 6.45) is 28.6. The van der Waals surface area contributed by atoms with Crippen LogP contribution in [0.3, 0.4) is 0 Å². The first-order chi connectivity index (χ1) is 23.1. The van der Waals surface area contributed by atoms with Gasteiger partial charge in [-0.25, -0.2) is 4.57 Å². The number of phosphoric ester groups is 1. The van der Waals surface area contributed by atoms with Gasteiger partial charge in [-0.1, -0.05) is 129 Å². The number of carbonyl (C=O) groups is 3. The summed E-state index contributed by atoms with van der Waals surface area (Å²) in [6, 6.07) is -1.52. The Bertz CT molecular complexity index is 885. The third-order valence-electron chi connectivity index (χ3n) is 8.01. The molecule has 0 aliphatic rings. The molecule has 12 heteroatoms. The lowest BCUT2D eigenvalue weighted by Gasteiger charge is -2.20. The van der Waals surface area contributed by atoms with E-state index in [1.807, 2.05) is 0 Å². The van der Waals surface area contributed by atoms with E-state index >= 15 is 0 Å². The summed E-state index contributed by atoms with van der Waals surface area (Å²) in [5.41, 5.74) is 5.31. The number of hydrogen-bond donors (Lipinski definition) is 3. The SMILES string of the molecule is CCCCCCCC/C=C/CCCCCC(=O)OC[C@H](COP(=O)(O)OC[C@H](N)C(=O)O)OC(=O)CCCCCCCCCCCCC. The highest BCUT2D eigenvalue weighted by molar-refractivity contribution is 7.47. The number of esters is 2. The van der Waals surface area contributed by atoms with Crippen molar-refractivity contribution in [1.82, 2.24) is 0 Å². The Balaban J connectivity index is 4.46. The molecule has 0 aromatic heterocycles. The highest BCUT2D eigenvalue weighted by atomic mass is 31.2. The lowest BCUT2D eigenvalue weighted by Crippen LogP contribution is -2.34. The summed E-state index contributed by atoms with van der Waals surface area (Å²) in [5.74, 6) is -2.39. The van der Waals surface area contributed by atoms with Crippen LogP contribution in [0.15, 0.2) is 12.2 Å². The molecule has 0 aliphatic carbocycles. The third-order valence-corrected chi connectivity index (χ3v) is 8.96. The van der Waals surface area contributed by atoms with Crippen LogP contribution < -0.4 is 5.73 Å². The fourth-order valence-electron chi connectivity index (χ4n) is 5.00. The van der Waals surface area contributed by atoms with E-state index in [9.17, 15) is 23.8 Å². The molecule has 0 aromatic carbocycles. The van der Waals surface area contributed by atoms with Crippen LogP contribution in [0.4, 0.5) is 0 Å². The van der Waals surface area contributed by atoms with Gasteiger partial charge >= 0.3 is 25.7 Å². The molecule has 282 valence electrons. The number of unbranched alkanes of at least 4 members (excludes halogenated alkanes) is 19. The average Bonchev–Trinajstić information content (AvgIpc) is 3.05. The molecular weight excluding hydrogens is 637 g/mol. The molecule has 0 spiro atoms. The van der Waals surface area contributed by atoms with Crippen LogP contribution in [0.5, 0.6) is 0 Å². The van der Waals surface area contributed by atoms with Crippen LogP contribution in [0.2, 0.25) is 0 Å². The van der Waals surface area contributed by atoms with Crippen molar-refractivity contribution in [1.29, 1.82) is 0 Å². The van der Waals surface area contributed by atoms with Crippen molar-refractivity contribution in [2.45, 2.75) is 180 Å². The Hall–Kier alpha value is -1.78. The maximum atomic E-state index is 12.5. The van der Waals surface area contributed by atoms with Crippen molar-refractivity contribution < 1.29 is 47.5 Å². The number of carbonyl (C=O) groups excluding carboxylic acids is 2. The molecule has 1 unspecified atom stereocenters. The first kappa shape index (κ1) is 46.2. The van der Waals surface area contributed by atoms with Gasteiger partial charge in [-0.05, 0) is 38.5 Å². The lowest BCUT2D eigenvalue weighted by atomic mass is 10.1. The molecule has 0 aromatic rings. The van der Waals surface area contributed by atoms with Crippen LogP contribution >= 0.6 is 7.82 Å². The number of rotatable bonds is 35. The van der Waals surface area contributed by atoms with E-state index in [2.05, 4.69) is 30.5 Å². The second-order valence-electron chi connectivity index (χ2n) is 12.7.